The van der Waals surface area contributed by atoms with Crippen LogP contribution in [-0.2, 0) is 0 Å². The minimum Gasteiger partial charge on any atom is -0.493 e. The second kappa shape index (κ2) is 6.82. The van der Waals surface area contributed by atoms with Crippen molar-refractivity contribution in [2.45, 2.75) is 6.10 Å². The molecule has 2 aromatic carbocycles. The third kappa shape index (κ3) is 3.42. The quantitative estimate of drug-likeness (QED) is 0.880. The molecular weight excluding hydrogens is 256 g/mol. The summed E-state index contributed by atoms with van der Waals surface area (Å²) in [6, 6.07) is 14.7. The Balaban J connectivity index is 2.00. The van der Waals surface area contributed by atoms with Crippen LogP contribution in [0.5, 0.6) is 17.2 Å². The van der Waals surface area contributed by atoms with Crippen LogP contribution in [-0.4, -0.2) is 25.9 Å². The lowest BCUT2D eigenvalue weighted by atomic mass is 10.1. The van der Waals surface area contributed by atoms with Crippen molar-refractivity contribution in [3.05, 3.63) is 54.1 Å². The van der Waals surface area contributed by atoms with Crippen molar-refractivity contribution in [3.8, 4) is 17.2 Å². The van der Waals surface area contributed by atoms with Gasteiger partial charge < -0.3 is 19.3 Å². The van der Waals surface area contributed by atoms with Gasteiger partial charge >= 0.3 is 0 Å². The van der Waals surface area contributed by atoms with Gasteiger partial charge in [0, 0.05) is 6.07 Å². The first-order valence-corrected chi connectivity index (χ1v) is 6.32. The fourth-order valence-corrected chi connectivity index (χ4v) is 1.85. The summed E-state index contributed by atoms with van der Waals surface area (Å²) in [4.78, 5) is 0. The maximum atomic E-state index is 10.0. The van der Waals surface area contributed by atoms with Gasteiger partial charge in [-0.25, -0.2) is 0 Å². The molecule has 1 N–H and O–H groups in total. The fourth-order valence-electron chi connectivity index (χ4n) is 1.85. The second-order valence-electron chi connectivity index (χ2n) is 4.25. The molecule has 0 radical (unpaired) electrons. The van der Waals surface area contributed by atoms with E-state index in [1.54, 1.807) is 32.4 Å². The average molecular weight is 274 g/mol. The maximum Gasteiger partial charge on any atom is 0.164 e. The Morgan fingerprint density at radius 1 is 0.950 bits per heavy atom. The Morgan fingerprint density at radius 3 is 2.30 bits per heavy atom. The molecule has 0 aromatic heterocycles. The monoisotopic (exact) mass is 274 g/mol. The highest BCUT2D eigenvalue weighted by molar-refractivity contribution is 5.45. The van der Waals surface area contributed by atoms with Gasteiger partial charge in [0.2, 0.25) is 0 Å². The molecule has 20 heavy (non-hydrogen) atoms. The number of hydrogen-bond donors (Lipinski definition) is 1. The highest BCUT2D eigenvalue weighted by Crippen LogP contribution is 2.31. The van der Waals surface area contributed by atoms with Gasteiger partial charge in [-0.2, -0.15) is 0 Å². The molecule has 0 spiro atoms. The molecule has 2 aromatic rings. The maximum absolute atomic E-state index is 10.0. The van der Waals surface area contributed by atoms with Crippen LogP contribution in [0, 0.1) is 0 Å². The molecule has 106 valence electrons. The van der Waals surface area contributed by atoms with Gasteiger partial charge in [-0.05, 0) is 17.7 Å². The van der Waals surface area contributed by atoms with E-state index in [0.717, 1.165) is 5.56 Å². The molecule has 0 bridgehead atoms. The zero-order chi connectivity index (χ0) is 14.4. The molecule has 0 aliphatic rings. The van der Waals surface area contributed by atoms with E-state index in [-0.39, 0.29) is 6.61 Å². The molecule has 0 saturated heterocycles. The molecule has 0 fully saturated rings. The molecule has 2 rings (SSSR count). The van der Waals surface area contributed by atoms with Gasteiger partial charge in [-0.1, -0.05) is 30.3 Å². The van der Waals surface area contributed by atoms with Crippen molar-refractivity contribution in [1.82, 2.24) is 0 Å². The third-order valence-electron chi connectivity index (χ3n) is 2.95. The molecule has 4 nitrogen and oxygen atoms in total. The number of hydrogen-bond acceptors (Lipinski definition) is 4. The van der Waals surface area contributed by atoms with Crippen molar-refractivity contribution in [2.24, 2.45) is 0 Å². The van der Waals surface area contributed by atoms with E-state index in [2.05, 4.69) is 0 Å². The van der Waals surface area contributed by atoms with Crippen LogP contribution in [0.1, 0.15) is 11.7 Å². The van der Waals surface area contributed by atoms with Gasteiger partial charge in [0.05, 0.1) is 14.2 Å². The van der Waals surface area contributed by atoms with Crippen molar-refractivity contribution in [3.63, 3.8) is 0 Å². The summed E-state index contributed by atoms with van der Waals surface area (Å²) >= 11 is 0. The van der Waals surface area contributed by atoms with Crippen molar-refractivity contribution < 1.29 is 19.3 Å². The molecule has 0 aliphatic carbocycles. The topological polar surface area (TPSA) is 47.9 Å². The largest absolute Gasteiger partial charge is 0.493 e. The first-order valence-electron chi connectivity index (χ1n) is 6.32. The number of ether oxygens (including phenoxy) is 3. The zero-order valence-electron chi connectivity index (χ0n) is 11.6. The van der Waals surface area contributed by atoms with Crippen molar-refractivity contribution in [2.75, 3.05) is 20.8 Å². The summed E-state index contributed by atoms with van der Waals surface area (Å²) in [5.41, 5.74) is 0.827. The van der Waals surface area contributed by atoms with Crippen LogP contribution in [0.2, 0.25) is 0 Å². The summed E-state index contributed by atoms with van der Waals surface area (Å²) in [5.74, 6) is 1.86. The first-order chi connectivity index (χ1) is 9.74. The molecule has 1 unspecified atom stereocenters. The summed E-state index contributed by atoms with van der Waals surface area (Å²) in [5, 5.41) is 10.0. The summed E-state index contributed by atoms with van der Waals surface area (Å²) in [6.07, 6.45) is -0.663. The summed E-state index contributed by atoms with van der Waals surface area (Å²) in [6.45, 7) is 0.180. The minimum atomic E-state index is -0.663. The Hall–Kier alpha value is -2.20. The van der Waals surface area contributed by atoms with E-state index in [1.807, 2.05) is 30.3 Å². The second-order valence-corrected chi connectivity index (χ2v) is 4.25. The lowest BCUT2D eigenvalue weighted by molar-refractivity contribution is 0.108. The number of rotatable bonds is 6. The Bertz CT molecular complexity index is 539. The number of aliphatic hydroxyl groups is 1. The van der Waals surface area contributed by atoms with Crippen LogP contribution in [0.3, 0.4) is 0 Å². The smallest absolute Gasteiger partial charge is 0.164 e. The van der Waals surface area contributed by atoms with Crippen LogP contribution in [0.25, 0.3) is 0 Å². The normalized spacial score (nSPS) is 11.8. The molecule has 0 aliphatic heterocycles. The van der Waals surface area contributed by atoms with E-state index in [9.17, 15) is 5.11 Å². The van der Waals surface area contributed by atoms with Crippen LogP contribution >= 0.6 is 0 Å². The van der Waals surface area contributed by atoms with E-state index in [0.29, 0.717) is 17.2 Å². The third-order valence-corrected chi connectivity index (χ3v) is 2.95. The van der Waals surface area contributed by atoms with Crippen molar-refractivity contribution >= 4 is 0 Å². The SMILES string of the molecule is COc1ccc(OCC(O)c2ccccc2)cc1OC. The van der Waals surface area contributed by atoms with E-state index >= 15 is 0 Å². The average Bonchev–Trinajstić information content (AvgIpc) is 2.53. The molecule has 1 atom stereocenters. The lowest BCUT2D eigenvalue weighted by Gasteiger charge is -2.14. The predicted octanol–water partition coefficient (Wildman–Crippen LogP) is 2.82. The molecular formula is C16H18O4. The van der Waals surface area contributed by atoms with Gasteiger partial charge in [-0.3, -0.25) is 0 Å². The van der Waals surface area contributed by atoms with Gasteiger partial charge in [-0.15, -0.1) is 0 Å². The van der Waals surface area contributed by atoms with Gasteiger partial charge in [0.15, 0.2) is 11.5 Å². The zero-order valence-corrected chi connectivity index (χ0v) is 11.6. The highest BCUT2D eigenvalue weighted by atomic mass is 16.5. The number of methoxy groups -OCH3 is 2. The first kappa shape index (κ1) is 14.2. The molecule has 0 amide bonds. The predicted molar refractivity (Wildman–Crippen MR) is 76.4 cm³/mol. The lowest BCUT2D eigenvalue weighted by Crippen LogP contribution is -2.09. The summed E-state index contributed by atoms with van der Waals surface area (Å²) in [7, 11) is 3.15. The van der Waals surface area contributed by atoms with E-state index < -0.39 is 6.10 Å². The highest BCUT2D eigenvalue weighted by Gasteiger charge is 2.09. The van der Waals surface area contributed by atoms with E-state index in [1.165, 1.54) is 0 Å². The Kier molecular flexibility index (Phi) is 4.85. The van der Waals surface area contributed by atoms with Crippen LogP contribution in [0.4, 0.5) is 0 Å². The number of benzene rings is 2. The molecule has 0 heterocycles. The Labute approximate surface area is 118 Å². The summed E-state index contributed by atoms with van der Waals surface area (Å²) < 4.78 is 15.9. The van der Waals surface area contributed by atoms with Crippen LogP contribution in [0.15, 0.2) is 48.5 Å². The number of aliphatic hydroxyl groups excluding tert-OH is 1. The molecule has 0 saturated carbocycles. The fraction of sp³-hybridized carbons (Fsp3) is 0.250. The Morgan fingerprint density at radius 2 is 1.65 bits per heavy atom. The minimum absolute atomic E-state index is 0.180. The van der Waals surface area contributed by atoms with Crippen LogP contribution < -0.4 is 14.2 Å². The van der Waals surface area contributed by atoms with Gasteiger partial charge in [0.1, 0.15) is 18.5 Å². The standard InChI is InChI=1S/C16H18O4/c1-18-15-9-8-13(10-16(15)19-2)20-11-14(17)12-6-4-3-5-7-12/h3-10,14,17H,11H2,1-2H3. The molecule has 4 heteroatoms. The van der Waals surface area contributed by atoms with Gasteiger partial charge in [0.25, 0.3) is 0 Å². The van der Waals surface area contributed by atoms with E-state index in [4.69, 9.17) is 14.2 Å². The van der Waals surface area contributed by atoms with Crippen molar-refractivity contribution in [1.29, 1.82) is 0 Å².